The summed E-state index contributed by atoms with van der Waals surface area (Å²) in [7, 11) is 0. The molecule has 0 radical (unpaired) electrons. The Morgan fingerprint density at radius 1 is 1.33 bits per heavy atom. The van der Waals surface area contributed by atoms with Crippen molar-refractivity contribution in [1.29, 1.82) is 0 Å². The minimum absolute atomic E-state index is 0.433. The maximum absolute atomic E-state index is 10.7. The molecule has 64 valence electrons. The fourth-order valence-corrected chi connectivity index (χ4v) is 0.965. The number of hydrogen-bond acceptors (Lipinski definition) is 2. The Bertz CT molecular complexity index is 272. The van der Waals surface area contributed by atoms with Gasteiger partial charge in [0.2, 0.25) is 0 Å². The van der Waals surface area contributed by atoms with Gasteiger partial charge in [-0.1, -0.05) is 15.9 Å². The Kier molecular flexibility index (Phi) is 3.07. The molecule has 0 bridgehead atoms. The van der Waals surface area contributed by atoms with Crippen LogP contribution in [-0.2, 0) is 0 Å². The predicted octanol–water partition coefficient (Wildman–Crippen LogP) is 1.44. The third-order valence-corrected chi connectivity index (χ3v) is 1.76. The summed E-state index contributed by atoms with van der Waals surface area (Å²) in [6.45, 7) is 0. The molecule has 0 heterocycles. The first-order chi connectivity index (χ1) is 5.72. The number of nitrogens with two attached hydrogens (primary N) is 1. The van der Waals surface area contributed by atoms with Crippen molar-refractivity contribution in [2.45, 2.75) is 0 Å². The van der Waals surface area contributed by atoms with E-state index in [0.29, 0.717) is 5.69 Å². The summed E-state index contributed by atoms with van der Waals surface area (Å²) in [5.74, 6) is 4.88. The van der Waals surface area contributed by atoms with Gasteiger partial charge < -0.3 is 5.32 Å². The van der Waals surface area contributed by atoms with E-state index >= 15 is 0 Å². The molecule has 1 rings (SSSR count). The van der Waals surface area contributed by atoms with Crippen LogP contribution in [0.1, 0.15) is 0 Å². The van der Waals surface area contributed by atoms with Crippen LogP contribution >= 0.6 is 15.9 Å². The minimum Gasteiger partial charge on any atom is -0.307 e. The molecular weight excluding hydrogens is 222 g/mol. The third kappa shape index (κ3) is 2.52. The molecule has 0 aromatic heterocycles. The number of rotatable bonds is 1. The van der Waals surface area contributed by atoms with E-state index < -0.39 is 6.03 Å². The zero-order valence-corrected chi connectivity index (χ0v) is 7.76. The molecule has 0 saturated carbocycles. The Balaban J connectivity index is 2.64. The number of hydrogen-bond donors (Lipinski definition) is 3. The average Bonchev–Trinajstić information content (AvgIpc) is 2.09. The molecule has 0 aliphatic heterocycles. The average molecular weight is 230 g/mol. The summed E-state index contributed by atoms with van der Waals surface area (Å²) < 4.78 is 0.959. The van der Waals surface area contributed by atoms with Crippen molar-refractivity contribution in [3.05, 3.63) is 28.7 Å². The SMILES string of the molecule is NNC(=O)Nc1ccc(Br)cc1. The lowest BCUT2D eigenvalue weighted by molar-refractivity contribution is 0.252. The summed E-state index contributed by atoms with van der Waals surface area (Å²) in [5.41, 5.74) is 2.66. The summed E-state index contributed by atoms with van der Waals surface area (Å²) in [6, 6.07) is 6.74. The molecule has 12 heavy (non-hydrogen) atoms. The number of carbonyl (C=O) groups excluding carboxylic acids is 1. The molecule has 2 amide bonds. The van der Waals surface area contributed by atoms with Gasteiger partial charge in [-0.15, -0.1) is 0 Å². The van der Waals surface area contributed by atoms with Crippen molar-refractivity contribution >= 4 is 27.6 Å². The Hall–Kier alpha value is -1.07. The van der Waals surface area contributed by atoms with Crippen molar-refractivity contribution in [3.8, 4) is 0 Å². The normalized spacial score (nSPS) is 9.17. The van der Waals surface area contributed by atoms with Gasteiger partial charge in [0, 0.05) is 10.2 Å². The van der Waals surface area contributed by atoms with Crippen LogP contribution < -0.4 is 16.6 Å². The number of benzene rings is 1. The van der Waals surface area contributed by atoms with Gasteiger partial charge >= 0.3 is 6.03 Å². The first-order valence-corrected chi connectivity index (χ1v) is 4.05. The van der Waals surface area contributed by atoms with E-state index in [1.54, 1.807) is 12.1 Å². The maximum Gasteiger partial charge on any atom is 0.333 e. The molecular formula is C7H8BrN3O. The van der Waals surface area contributed by atoms with Crippen LogP contribution in [0.5, 0.6) is 0 Å². The van der Waals surface area contributed by atoms with Crippen molar-refractivity contribution in [3.63, 3.8) is 0 Å². The highest BCUT2D eigenvalue weighted by atomic mass is 79.9. The van der Waals surface area contributed by atoms with Crippen molar-refractivity contribution in [2.75, 3.05) is 5.32 Å². The van der Waals surface area contributed by atoms with E-state index in [2.05, 4.69) is 21.2 Å². The highest BCUT2D eigenvalue weighted by molar-refractivity contribution is 9.10. The lowest BCUT2D eigenvalue weighted by Gasteiger charge is -2.02. The second kappa shape index (κ2) is 4.08. The molecule has 0 aliphatic rings. The molecule has 1 aromatic carbocycles. The quantitative estimate of drug-likeness (QED) is 0.388. The second-order valence-electron chi connectivity index (χ2n) is 2.11. The highest BCUT2D eigenvalue weighted by Crippen LogP contribution is 2.13. The number of hydrazine groups is 1. The lowest BCUT2D eigenvalue weighted by Crippen LogP contribution is -2.34. The number of amides is 2. The molecule has 0 fully saturated rings. The van der Waals surface area contributed by atoms with Crippen LogP contribution in [0.3, 0.4) is 0 Å². The number of urea groups is 1. The minimum atomic E-state index is -0.433. The highest BCUT2D eigenvalue weighted by Gasteiger charge is 1.96. The number of carbonyl (C=O) groups is 1. The topological polar surface area (TPSA) is 67.1 Å². The van der Waals surface area contributed by atoms with E-state index in [9.17, 15) is 4.79 Å². The summed E-state index contributed by atoms with van der Waals surface area (Å²) in [5, 5.41) is 2.52. The third-order valence-electron chi connectivity index (χ3n) is 1.23. The van der Waals surface area contributed by atoms with Gasteiger partial charge in [0.15, 0.2) is 0 Å². The zero-order valence-electron chi connectivity index (χ0n) is 6.17. The molecule has 0 atom stereocenters. The first-order valence-electron chi connectivity index (χ1n) is 3.25. The Labute approximate surface area is 78.2 Å². The zero-order chi connectivity index (χ0) is 8.97. The van der Waals surface area contributed by atoms with Gasteiger partial charge in [-0.2, -0.15) is 0 Å². The van der Waals surface area contributed by atoms with Gasteiger partial charge in [-0.05, 0) is 24.3 Å². The van der Waals surface area contributed by atoms with E-state index in [-0.39, 0.29) is 0 Å². The van der Waals surface area contributed by atoms with E-state index in [1.807, 2.05) is 17.6 Å². The van der Waals surface area contributed by atoms with Crippen molar-refractivity contribution in [2.24, 2.45) is 5.84 Å². The van der Waals surface area contributed by atoms with Gasteiger partial charge in [-0.3, -0.25) is 5.43 Å². The van der Waals surface area contributed by atoms with Gasteiger partial charge in [0.25, 0.3) is 0 Å². The Morgan fingerprint density at radius 3 is 2.42 bits per heavy atom. The second-order valence-corrected chi connectivity index (χ2v) is 3.02. The summed E-state index contributed by atoms with van der Waals surface area (Å²) in [4.78, 5) is 10.7. The smallest absolute Gasteiger partial charge is 0.307 e. The molecule has 4 N–H and O–H groups in total. The summed E-state index contributed by atoms with van der Waals surface area (Å²) in [6.07, 6.45) is 0. The molecule has 4 nitrogen and oxygen atoms in total. The molecule has 1 aromatic rings. The fourth-order valence-electron chi connectivity index (χ4n) is 0.700. The van der Waals surface area contributed by atoms with Crippen LogP contribution in [0.2, 0.25) is 0 Å². The largest absolute Gasteiger partial charge is 0.333 e. The van der Waals surface area contributed by atoms with Crippen molar-refractivity contribution in [1.82, 2.24) is 5.43 Å². The molecule has 0 unspecified atom stereocenters. The monoisotopic (exact) mass is 229 g/mol. The van der Waals surface area contributed by atoms with Gasteiger partial charge in [0.05, 0.1) is 0 Å². The van der Waals surface area contributed by atoms with E-state index in [1.165, 1.54) is 0 Å². The maximum atomic E-state index is 10.7. The fraction of sp³-hybridized carbons (Fsp3) is 0. The molecule has 0 spiro atoms. The number of nitrogens with one attached hydrogen (secondary N) is 2. The molecule has 0 saturated heterocycles. The van der Waals surface area contributed by atoms with Crippen LogP contribution in [0, 0.1) is 0 Å². The van der Waals surface area contributed by atoms with Crippen LogP contribution in [-0.4, -0.2) is 6.03 Å². The van der Waals surface area contributed by atoms with Crippen LogP contribution in [0.15, 0.2) is 28.7 Å². The number of halogens is 1. The van der Waals surface area contributed by atoms with E-state index in [4.69, 9.17) is 5.84 Å². The molecule has 5 heteroatoms. The van der Waals surface area contributed by atoms with Gasteiger partial charge in [0.1, 0.15) is 0 Å². The summed E-state index contributed by atoms with van der Waals surface area (Å²) >= 11 is 3.28. The number of anilines is 1. The van der Waals surface area contributed by atoms with Gasteiger partial charge in [-0.25, -0.2) is 10.6 Å². The predicted molar refractivity (Wildman–Crippen MR) is 50.5 cm³/mol. The first kappa shape index (κ1) is 9.02. The van der Waals surface area contributed by atoms with Crippen molar-refractivity contribution < 1.29 is 4.79 Å². The van der Waals surface area contributed by atoms with Crippen LogP contribution in [0.25, 0.3) is 0 Å². The van der Waals surface area contributed by atoms with Crippen LogP contribution in [0.4, 0.5) is 10.5 Å². The Morgan fingerprint density at radius 2 is 1.92 bits per heavy atom. The molecule has 0 aliphatic carbocycles. The standard InChI is InChI=1S/C7H8BrN3O/c8-5-1-3-6(4-2-5)10-7(12)11-9/h1-4H,9H2,(H2,10,11,12). The van der Waals surface area contributed by atoms with E-state index in [0.717, 1.165) is 4.47 Å². The lowest BCUT2D eigenvalue weighted by atomic mass is 10.3.